The maximum atomic E-state index is 12.8. The van der Waals surface area contributed by atoms with Gasteiger partial charge in [-0.25, -0.2) is 9.18 Å². The predicted octanol–water partition coefficient (Wildman–Crippen LogP) is 0.855. The normalized spacial score (nSPS) is 12.6. The Labute approximate surface area is 108 Å². The lowest BCUT2D eigenvalue weighted by Crippen LogP contribution is -2.20. The summed E-state index contributed by atoms with van der Waals surface area (Å²) < 4.78 is 23.4. The zero-order chi connectivity index (χ0) is 13.8. The van der Waals surface area contributed by atoms with Crippen LogP contribution in [-0.2, 0) is 17.9 Å². The van der Waals surface area contributed by atoms with Crippen molar-refractivity contribution in [2.24, 2.45) is 0 Å². The first-order chi connectivity index (χ1) is 9.10. The maximum Gasteiger partial charge on any atom is 0.437 e. The number of benzene rings is 1. The average Bonchev–Trinajstić information content (AvgIpc) is 2.71. The summed E-state index contributed by atoms with van der Waals surface area (Å²) in [6, 6.07) is 5.36. The molecular weight excluding hydrogens is 255 g/mol. The molecule has 2 rings (SSSR count). The van der Waals surface area contributed by atoms with Crippen LogP contribution in [0.25, 0.3) is 0 Å². The molecule has 1 unspecified atom stereocenters. The molecule has 2 aromatic rings. The Balaban J connectivity index is 2.12. The Morgan fingerprint density at radius 3 is 2.79 bits per heavy atom. The summed E-state index contributed by atoms with van der Waals surface area (Å²) in [6.45, 7) is 0.00651. The van der Waals surface area contributed by atoms with Crippen LogP contribution in [0, 0.1) is 5.82 Å². The number of hydrogen-bond donors (Lipinski definition) is 1. The van der Waals surface area contributed by atoms with Crippen LogP contribution >= 0.6 is 0 Å². The van der Waals surface area contributed by atoms with E-state index in [1.807, 2.05) is 0 Å². The molecule has 1 atom stereocenters. The second-order valence-corrected chi connectivity index (χ2v) is 3.94. The predicted molar refractivity (Wildman–Crippen MR) is 62.8 cm³/mol. The highest BCUT2D eigenvalue weighted by Gasteiger charge is 2.14. The first kappa shape index (κ1) is 13.4. The molecule has 19 heavy (non-hydrogen) atoms. The van der Waals surface area contributed by atoms with E-state index in [9.17, 15) is 14.3 Å². The van der Waals surface area contributed by atoms with E-state index in [0.717, 1.165) is 4.68 Å². The minimum absolute atomic E-state index is 0.0717. The lowest BCUT2D eigenvalue weighted by atomic mass is 10.1. The number of ether oxygens (including phenoxy) is 1. The van der Waals surface area contributed by atoms with Crippen LogP contribution < -0.4 is 5.76 Å². The van der Waals surface area contributed by atoms with Crippen LogP contribution in [0.4, 0.5) is 4.39 Å². The lowest BCUT2D eigenvalue weighted by molar-refractivity contribution is 0.148. The van der Waals surface area contributed by atoms with Crippen molar-refractivity contribution in [2.45, 2.75) is 19.3 Å². The van der Waals surface area contributed by atoms with Gasteiger partial charge in [0.15, 0.2) is 0 Å². The summed E-state index contributed by atoms with van der Waals surface area (Å²) >= 11 is 0. The van der Waals surface area contributed by atoms with Crippen molar-refractivity contribution >= 4 is 0 Å². The average molecular weight is 268 g/mol. The molecule has 0 saturated carbocycles. The van der Waals surface area contributed by atoms with Crippen LogP contribution in [0.1, 0.15) is 17.6 Å². The Bertz CT molecular complexity index is 591. The summed E-state index contributed by atoms with van der Waals surface area (Å²) in [5, 5.41) is 13.8. The van der Waals surface area contributed by atoms with Crippen LogP contribution in [-0.4, -0.2) is 22.0 Å². The third-order valence-electron chi connectivity index (χ3n) is 2.52. The highest BCUT2D eigenvalue weighted by atomic mass is 19.1. The first-order valence-corrected chi connectivity index (χ1v) is 5.59. The molecule has 0 fully saturated rings. The first-order valence-electron chi connectivity index (χ1n) is 5.59. The van der Waals surface area contributed by atoms with Crippen LogP contribution in [0.15, 0.2) is 33.5 Å². The molecule has 0 aliphatic rings. The molecule has 1 heterocycles. The van der Waals surface area contributed by atoms with Gasteiger partial charge < -0.3 is 14.3 Å². The smallest absolute Gasteiger partial charge is 0.390 e. The van der Waals surface area contributed by atoms with E-state index in [0.29, 0.717) is 5.56 Å². The minimum Gasteiger partial charge on any atom is -0.390 e. The highest BCUT2D eigenvalue weighted by Crippen LogP contribution is 2.14. The third kappa shape index (κ3) is 3.27. The summed E-state index contributed by atoms with van der Waals surface area (Å²) in [4.78, 5) is 11.4. The maximum absolute atomic E-state index is 12.8. The largest absolute Gasteiger partial charge is 0.437 e. The van der Waals surface area contributed by atoms with Gasteiger partial charge in [0.05, 0.1) is 12.6 Å². The Hall–Kier alpha value is -1.99. The lowest BCUT2D eigenvalue weighted by Gasteiger charge is -2.09. The van der Waals surface area contributed by atoms with Crippen molar-refractivity contribution in [3.05, 3.63) is 52.1 Å². The molecule has 0 aliphatic heterocycles. The highest BCUT2D eigenvalue weighted by molar-refractivity contribution is 5.18. The second-order valence-electron chi connectivity index (χ2n) is 3.94. The molecule has 0 spiro atoms. The fourth-order valence-electron chi connectivity index (χ4n) is 1.60. The van der Waals surface area contributed by atoms with E-state index in [2.05, 4.69) is 5.10 Å². The van der Waals surface area contributed by atoms with Gasteiger partial charge >= 0.3 is 5.76 Å². The van der Waals surface area contributed by atoms with Crippen LogP contribution in [0.5, 0.6) is 0 Å². The fraction of sp³-hybridized carbons (Fsp3) is 0.333. The Morgan fingerprint density at radius 1 is 1.47 bits per heavy atom. The van der Waals surface area contributed by atoms with Crippen LogP contribution in [0.3, 0.4) is 0 Å². The van der Waals surface area contributed by atoms with Gasteiger partial charge in [0.1, 0.15) is 12.4 Å². The van der Waals surface area contributed by atoms with E-state index in [4.69, 9.17) is 9.15 Å². The zero-order valence-electron chi connectivity index (χ0n) is 10.2. The molecule has 1 aromatic carbocycles. The number of aromatic nitrogens is 2. The molecule has 0 bridgehead atoms. The molecule has 7 heteroatoms. The molecule has 102 valence electrons. The number of nitrogens with zero attached hydrogens (tertiary/aromatic N) is 2. The number of hydrogen-bond acceptors (Lipinski definition) is 5. The third-order valence-corrected chi connectivity index (χ3v) is 2.52. The Kier molecular flexibility index (Phi) is 4.08. The van der Waals surface area contributed by atoms with Gasteiger partial charge in [-0.3, -0.25) is 0 Å². The molecular formula is C12H13FN2O4. The van der Waals surface area contributed by atoms with Gasteiger partial charge in [0.25, 0.3) is 0 Å². The molecule has 0 amide bonds. The van der Waals surface area contributed by atoms with Crippen molar-refractivity contribution in [3.63, 3.8) is 0 Å². The number of aliphatic hydroxyl groups excluding tert-OH is 1. The summed E-state index contributed by atoms with van der Waals surface area (Å²) in [7, 11) is 1.45. The second kappa shape index (κ2) is 5.77. The van der Waals surface area contributed by atoms with Gasteiger partial charge in [0.2, 0.25) is 5.89 Å². The monoisotopic (exact) mass is 268 g/mol. The summed E-state index contributed by atoms with van der Waals surface area (Å²) in [5.41, 5.74) is 0.490. The van der Waals surface area contributed by atoms with Crippen molar-refractivity contribution in [3.8, 4) is 0 Å². The number of methoxy groups -OCH3 is 1. The summed E-state index contributed by atoms with van der Waals surface area (Å²) in [6.07, 6.45) is -0.973. The number of rotatable bonds is 5. The van der Waals surface area contributed by atoms with E-state index in [1.165, 1.54) is 31.4 Å². The van der Waals surface area contributed by atoms with Crippen molar-refractivity contribution in [1.82, 2.24) is 9.78 Å². The van der Waals surface area contributed by atoms with Gasteiger partial charge in [-0.1, -0.05) is 12.1 Å². The number of halogens is 1. The van der Waals surface area contributed by atoms with Gasteiger partial charge in [0, 0.05) is 7.11 Å². The molecule has 1 aromatic heterocycles. The van der Waals surface area contributed by atoms with Gasteiger partial charge in [-0.05, 0) is 17.7 Å². The van der Waals surface area contributed by atoms with Crippen molar-refractivity contribution in [1.29, 1.82) is 0 Å². The SMILES string of the molecule is COCc1nn(CC(O)c2ccc(F)cc2)c(=O)o1. The van der Waals surface area contributed by atoms with Crippen molar-refractivity contribution in [2.75, 3.05) is 7.11 Å². The minimum atomic E-state index is -0.973. The van der Waals surface area contributed by atoms with E-state index >= 15 is 0 Å². The zero-order valence-corrected chi connectivity index (χ0v) is 10.2. The molecule has 0 aliphatic carbocycles. The molecule has 0 saturated heterocycles. The topological polar surface area (TPSA) is 77.5 Å². The van der Waals surface area contributed by atoms with E-state index < -0.39 is 17.7 Å². The Morgan fingerprint density at radius 2 is 2.16 bits per heavy atom. The van der Waals surface area contributed by atoms with Crippen molar-refractivity contribution < 1.29 is 18.7 Å². The fourth-order valence-corrected chi connectivity index (χ4v) is 1.60. The molecule has 1 N–H and O–H groups in total. The van der Waals surface area contributed by atoms with E-state index in [-0.39, 0.29) is 19.0 Å². The summed E-state index contributed by atoms with van der Waals surface area (Å²) in [5.74, 6) is -0.927. The number of aliphatic hydroxyl groups is 1. The van der Waals surface area contributed by atoms with Gasteiger partial charge in [-0.15, -0.1) is 5.10 Å². The molecule has 0 radical (unpaired) electrons. The quantitative estimate of drug-likeness (QED) is 0.870. The van der Waals surface area contributed by atoms with E-state index in [1.54, 1.807) is 0 Å². The standard InChI is InChI=1S/C12H13FN2O4/c1-18-7-11-14-15(12(17)19-11)6-10(16)8-2-4-9(13)5-3-8/h2-5,10,16H,6-7H2,1H3. The van der Waals surface area contributed by atoms with Crippen LogP contribution in [0.2, 0.25) is 0 Å². The molecule has 6 nitrogen and oxygen atoms in total. The van der Waals surface area contributed by atoms with Gasteiger partial charge in [-0.2, -0.15) is 4.68 Å².